The number of allylic oxidation sites excluding steroid dienone is 2. The van der Waals surface area contributed by atoms with Crippen molar-refractivity contribution >= 4 is 52.3 Å². The van der Waals surface area contributed by atoms with Crippen molar-refractivity contribution in [3.63, 3.8) is 0 Å². The SMILES string of the molecule is C[C@@]12C(=O)N(c3ccc(F)c(Cl)c3)C(=O)[C@@H]1C[C@@H]1C(=CC[C@@H]3C(=O)N(c4cccc([N+](=O)[O-])c4)C(=O)[C@@H]31)[C@@H]2c1cc(OC(F)(F)F)ccc1O. The first-order chi connectivity index (χ1) is 23.5. The molecule has 0 radical (unpaired) electrons. The molecule has 1 N–H and O–H groups in total. The smallest absolute Gasteiger partial charge is 0.508 e. The fourth-order valence-corrected chi connectivity index (χ4v) is 8.37. The Morgan fingerprint density at radius 2 is 1.68 bits per heavy atom. The predicted octanol–water partition coefficient (Wildman–Crippen LogP) is 6.43. The van der Waals surface area contributed by atoms with E-state index in [1.54, 1.807) is 6.08 Å². The Morgan fingerprint density at radius 3 is 2.36 bits per heavy atom. The van der Waals surface area contributed by atoms with E-state index < -0.39 is 87.2 Å². The number of amides is 4. The molecule has 1 saturated carbocycles. The summed E-state index contributed by atoms with van der Waals surface area (Å²) in [7, 11) is 0. The molecule has 2 aliphatic carbocycles. The Labute approximate surface area is 284 Å². The van der Waals surface area contributed by atoms with Gasteiger partial charge in [-0.05, 0) is 68.1 Å². The number of hydrogen-bond donors (Lipinski definition) is 1. The fraction of sp³-hybridized carbons (Fsp3) is 0.294. The van der Waals surface area contributed by atoms with Crippen molar-refractivity contribution in [2.24, 2.45) is 29.1 Å². The topological polar surface area (TPSA) is 147 Å². The van der Waals surface area contributed by atoms with Gasteiger partial charge in [-0.2, -0.15) is 0 Å². The summed E-state index contributed by atoms with van der Waals surface area (Å²) >= 11 is 5.99. The minimum absolute atomic E-state index is 0.0384. The summed E-state index contributed by atoms with van der Waals surface area (Å²) in [5.41, 5.74) is -2.10. The molecule has 11 nitrogen and oxygen atoms in total. The minimum atomic E-state index is -5.11. The molecule has 7 rings (SSSR count). The molecular formula is C34H24ClF4N3O8. The lowest BCUT2D eigenvalue weighted by Crippen LogP contribution is -2.49. The molecule has 4 aliphatic rings. The van der Waals surface area contributed by atoms with E-state index in [4.69, 9.17) is 11.6 Å². The quantitative estimate of drug-likeness (QED) is 0.105. The van der Waals surface area contributed by atoms with Crippen molar-refractivity contribution < 1.29 is 51.5 Å². The maximum atomic E-state index is 14.5. The summed E-state index contributed by atoms with van der Waals surface area (Å²) in [5, 5.41) is 22.2. The number of anilines is 2. The predicted molar refractivity (Wildman–Crippen MR) is 166 cm³/mol. The molecule has 2 saturated heterocycles. The van der Waals surface area contributed by atoms with Crippen LogP contribution in [-0.4, -0.2) is 40.0 Å². The number of alkyl halides is 3. The zero-order valence-electron chi connectivity index (χ0n) is 25.7. The third kappa shape index (κ3) is 4.93. The number of fused-ring (bicyclic) bond motifs is 4. The van der Waals surface area contributed by atoms with Gasteiger partial charge in [0.05, 0.1) is 44.5 Å². The summed E-state index contributed by atoms with van der Waals surface area (Å²) < 4.78 is 58.2. The van der Waals surface area contributed by atoms with E-state index in [1.807, 2.05) is 0 Å². The highest BCUT2D eigenvalue weighted by molar-refractivity contribution is 6.32. The van der Waals surface area contributed by atoms with Crippen LogP contribution in [0.4, 0.5) is 34.6 Å². The van der Waals surface area contributed by atoms with E-state index in [9.17, 15) is 52.0 Å². The Bertz CT molecular complexity index is 2070. The fourth-order valence-electron chi connectivity index (χ4n) is 8.19. The van der Waals surface area contributed by atoms with Crippen LogP contribution in [-0.2, 0) is 19.2 Å². The molecule has 3 fully saturated rings. The minimum Gasteiger partial charge on any atom is -0.508 e. The first kappa shape index (κ1) is 33.2. The number of rotatable bonds is 5. The number of imide groups is 2. The van der Waals surface area contributed by atoms with Gasteiger partial charge < -0.3 is 9.84 Å². The number of ether oxygens (including phenoxy) is 1. The van der Waals surface area contributed by atoms with Crippen LogP contribution in [0.15, 0.2) is 72.3 Å². The number of benzene rings is 3. The van der Waals surface area contributed by atoms with Gasteiger partial charge in [0.2, 0.25) is 23.6 Å². The van der Waals surface area contributed by atoms with Crippen LogP contribution in [0.1, 0.15) is 31.2 Å². The van der Waals surface area contributed by atoms with E-state index in [1.165, 1.54) is 31.2 Å². The first-order valence-corrected chi connectivity index (χ1v) is 15.6. The molecular weight excluding hydrogens is 690 g/mol. The normalized spacial score (nSPS) is 27.6. The van der Waals surface area contributed by atoms with Crippen molar-refractivity contribution in [2.45, 2.75) is 32.0 Å². The summed E-state index contributed by atoms with van der Waals surface area (Å²) in [6.07, 6.45) is -3.72. The van der Waals surface area contributed by atoms with Gasteiger partial charge in [0.15, 0.2) is 0 Å². The lowest BCUT2D eigenvalue weighted by molar-refractivity contribution is -0.384. The number of phenolic OH excluding ortho intramolecular Hbond substituents is 1. The van der Waals surface area contributed by atoms with Crippen LogP contribution in [0, 0.1) is 45.0 Å². The molecule has 258 valence electrons. The number of carbonyl (C=O) groups excluding carboxylic acids is 4. The third-order valence-corrected chi connectivity index (χ3v) is 10.6. The Hall–Kier alpha value is -5.31. The second-order valence-corrected chi connectivity index (χ2v) is 13.2. The molecule has 0 unspecified atom stereocenters. The Balaban J connectivity index is 1.38. The van der Waals surface area contributed by atoms with Gasteiger partial charge >= 0.3 is 6.36 Å². The largest absolute Gasteiger partial charge is 0.573 e. The molecule has 50 heavy (non-hydrogen) atoms. The molecule has 3 aromatic rings. The number of hydrogen-bond acceptors (Lipinski definition) is 8. The van der Waals surface area contributed by atoms with E-state index in [-0.39, 0.29) is 40.5 Å². The van der Waals surface area contributed by atoms with Crippen LogP contribution in [0.3, 0.4) is 0 Å². The van der Waals surface area contributed by atoms with Gasteiger partial charge in [0.1, 0.15) is 17.3 Å². The van der Waals surface area contributed by atoms with Gasteiger partial charge in [0.25, 0.3) is 5.69 Å². The van der Waals surface area contributed by atoms with Crippen LogP contribution in [0.2, 0.25) is 5.02 Å². The van der Waals surface area contributed by atoms with Crippen molar-refractivity contribution in [3.8, 4) is 11.5 Å². The van der Waals surface area contributed by atoms with Crippen molar-refractivity contribution in [3.05, 3.63) is 98.8 Å². The van der Waals surface area contributed by atoms with Crippen LogP contribution >= 0.6 is 11.6 Å². The van der Waals surface area contributed by atoms with Crippen molar-refractivity contribution in [1.82, 2.24) is 0 Å². The standard InChI is InChI=1S/C34H24ClF4N3O8/c1-33-23(30(45)41(32(33)47)16-5-9-25(36)24(35)12-16)14-21-19(28(33)22-13-18(6-10-26(22)43)50-34(37,38)39)7-8-20-27(21)31(46)40(29(20)44)15-3-2-4-17(11-15)42(48)49/h2-7,9-13,20-21,23,27-28,43H,8,14H2,1H3/t20-,21+,23-,27-,28+,33+/m0/s1. The molecule has 2 heterocycles. The van der Waals surface area contributed by atoms with Gasteiger partial charge in [-0.15, -0.1) is 13.2 Å². The molecule has 0 aromatic heterocycles. The molecule has 2 aliphatic heterocycles. The Kier molecular flexibility index (Phi) is 7.55. The van der Waals surface area contributed by atoms with Crippen LogP contribution in [0.25, 0.3) is 0 Å². The summed E-state index contributed by atoms with van der Waals surface area (Å²) in [6, 6.07) is 10.9. The second-order valence-electron chi connectivity index (χ2n) is 12.8. The lowest BCUT2D eigenvalue weighted by atomic mass is 9.51. The first-order valence-electron chi connectivity index (χ1n) is 15.3. The summed E-state index contributed by atoms with van der Waals surface area (Å²) in [4.78, 5) is 69.1. The zero-order chi connectivity index (χ0) is 36.0. The highest BCUT2D eigenvalue weighted by atomic mass is 35.5. The number of halogens is 5. The molecule has 6 atom stereocenters. The van der Waals surface area contributed by atoms with Gasteiger partial charge in [-0.1, -0.05) is 29.3 Å². The number of nitro benzene ring substituents is 1. The number of carbonyl (C=O) groups is 4. The van der Waals surface area contributed by atoms with Gasteiger partial charge in [-0.3, -0.25) is 29.3 Å². The molecule has 16 heteroatoms. The van der Waals surface area contributed by atoms with E-state index in [0.717, 1.165) is 46.2 Å². The molecule has 0 spiro atoms. The number of nitro groups is 1. The number of aromatic hydroxyl groups is 1. The monoisotopic (exact) mass is 713 g/mol. The third-order valence-electron chi connectivity index (χ3n) is 10.3. The highest BCUT2D eigenvalue weighted by Gasteiger charge is 2.68. The van der Waals surface area contributed by atoms with E-state index in [2.05, 4.69) is 4.74 Å². The van der Waals surface area contributed by atoms with Crippen LogP contribution in [0.5, 0.6) is 11.5 Å². The second kappa shape index (κ2) is 11.4. The van der Waals surface area contributed by atoms with Crippen LogP contribution < -0.4 is 14.5 Å². The van der Waals surface area contributed by atoms with E-state index in [0.29, 0.717) is 5.57 Å². The number of non-ortho nitro benzene ring substituents is 1. The number of phenols is 1. The van der Waals surface area contributed by atoms with E-state index >= 15 is 0 Å². The van der Waals surface area contributed by atoms with Gasteiger partial charge in [-0.25, -0.2) is 14.2 Å². The van der Waals surface area contributed by atoms with Gasteiger partial charge in [0, 0.05) is 23.6 Å². The zero-order valence-corrected chi connectivity index (χ0v) is 26.4. The Morgan fingerprint density at radius 1 is 0.960 bits per heavy atom. The number of nitrogens with zero attached hydrogens (tertiary/aromatic N) is 3. The molecule has 3 aromatic carbocycles. The lowest BCUT2D eigenvalue weighted by Gasteiger charge is -2.49. The molecule has 4 amide bonds. The maximum Gasteiger partial charge on any atom is 0.573 e. The summed E-state index contributed by atoms with van der Waals surface area (Å²) in [5.74, 6) is -10.6. The average molecular weight is 714 g/mol. The average Bonchev–Trinajstić information content (AvgIpc) is 3.42. The highest BCUT2D eigenvalue weighted by Crippen LogP contribution is 2.64. The van der Waals surface area contributed by atoms with Crippen molar-refractivity contribution in [1.29, 1.82) is 0 Å². The molecule has 0 bridgehead atoms. The van der Waals surface area contributed by atoms with Crippen molar-refractivity contribution in [2.75, 3.05) is 9.80 Å². The maximum absolute atomic E-state index is 14.5. The summed E-state index contributed by atoms with van der Waals surface area (Å²) in [6.45, 7) is 1.44.